The molecule has 0 spiro atoms. The highest BCUT2D eigenvalue weighted by Crippen LogP contribution is 2.38. The Morgan fingerprint density at radius 1 is 1.50 bits per heavy atom. The summed E-state index contributed by atoms with van der Waals surface area (Å²) in [5, 5.41) is 9.63. The average Bonchev–Trinajstić information content (AvgIpc) is 1.96. The minimum atomic E-state index is -0.0359. The first kappa shape index (κ1) is 8.06. The van der Waals surface area contributed by atoms with Crippen molar-refractivity contribution in [3.05, 3.63) is 0 Å². The molecule has 0 aromatic rings. The highest BCUT2D eigenvalue weighted by Gasteiger charge is 2.33. The molecule has 0 aromatic heterocycles. The fourth-order valence-electron chi connectivity index (χ4n) is 1.79. The number of aliphatic hydroxyl groups excluding tert-OH is 1. The summed E-state index contributed by atoms with van der Waals surface area (Å²) < 4.78 is 0. The number of hydrogen-bond acceptors (Lipinski definition) is 1. The van der Waals surface area contributed by atoms with Crippen molar-refractivity contribution in [3.8, 4) is 0 Å². The maximum Gasteiger partial charge on any atom is 0.0593 e. The van der Waals surface area contributed by atoms with Gasteiger partial charge in [-0.15, -0.1) is 0 Å². The van der Waals surface area contributed by atoms with Gasteiger partial charge in [0.05, 0.1) is 6.10 Å². The molecule has 1 heteroatoms. The quantitative estimate of drug-likeness (QED) is 0.595. The third kappa shape index (κ3) is 1.34. The van der Waals surface area contributed by atoms with Crippen LogP contribution < -0.4 is 0 Å². The first-order valence-corrected chi connectivity index (χ1v) is 4.37. The summed E-state index contributed by atoms with van der Waals surface area (Å²) in [5.74, 6) is 0. The Balaban J connectivity index is 2.54. The van der Waals surface area contributed by atoms with Crippen LogP contribution in [0.1, 0.15) is 46.0 Å². The fraction of sp³-hybridized carbons (Fsp3) is 1.00. The summed E-state index contributed by atoms with van der Waals surface area (Å²) >= 11 is 0. The van der Waals surface area contributed by atoms with E-state index in [2.05, 4.69) is 13.8 Å². The van der Waals surface area contributed by atoms with E-state index in [1.807, 2.05) is 0 Å². The maximum absolute atomic E-state index is 9.63. The molecule has 1 rings (SSSR count). The molecule has 1 aliphatic carbocycles. The van der Waals surface area contributed by atoms with E-state index in [1.54, 1.807) is 0 Å². The van der Waals surface area contributed by atoms with Gasteiger partial charge in [0.2, 0.25) is 0 Å². The zero-order chi connectivity index (χ0) is 7.61. The van der Waals surface area contributed by atoms with E-state index in [0.29, 0.717) is 0 Å². The lowest BCUT2D eigenvalue weighted by Crippen LogP contribution is -2.34. The van der Waals surface area contributed by atoms with Crippen molar-refractivity contribution in [2.24, 2.45) is 5.41 Å². The largest absolute Gasteiger partial charge is 0.393 e. The predicted octanol–water partition coefficient (Wildman–Crippen LogP) is 2.34. The Bertz CT molecular complexity index is 111. The minimum Gasteiger partial charge on any atom is -0.393 e. The second kappa shape index (κ2) is 2.91. The van der Waals surface area contributed by atoms with Crippen LogP contribution in [0.15, 0.2) is 0 Å². The Morgan fingerprint density at radius 2 is 2.20 bits per heavy atom. The first-order chi connectivity index (χ1) is 4.69. The topological polar surface area (TPSA) is 20.2 Å². The van der Waals surface area contributed by atoms with Crippen molar-refractivity contribution < 1.29 is 5.11 Å². The third-order valence-corrected chi connectivity index (χ3v) is 3.09. The monoisotopic (exact) mass is 142 g/mol. The molecule has 1 N–H and O–H groups in total. The minimum absolute atomic E-state index is 0.0359. The SMILES string of the molecule is CCC1(C)CCCCC1O. The molecule has 10 heavy (non-hydrogen) atoms. The van der Waals surface area contributed by atoms with Crippen LogP contribution in [0.25, 0.3) is 0 Å². The van der Waals surface area contributed by atoms with Gasteiger partial charge in [-0.3, -0.25) is 0 Å². The van der Waals surface area contributed by atoms with Gasteiger partial charge in [-0.1, -0.05) is 26.7 Å². The van der Waals surface area contributed by atoms with E-state index in [-0.39, 0.29) is 11.5 Å². The van der Waals surface area contributed by atoms with Gasteiger partial charge in [-0.25, -0.2) is 0 Å². The Hall–Kier alpha value is -0.0400. The number of aliphatic hydroxyl groups is 1. The van der Waals surface area contributed by atoms with E-state index in [9.17, 15) is 5.11 Å². The highest BCUT2D eigenvalue weighted by atomic mass is 16.3. The molecule has 1 nitrogen and oxygen atoms in total. The van der Waals surface area contributed by atoms with Crippen molar-refractivity contribution in [2.45, 2.75) is 52.1 Å². The second-order valence-electron chi connectivity index (χ2n) is 3.77. The van der Waals surface area contributed by atoms with Gasteiger partial charge in [0.25, 0.3) is 0 Å². The maximum atomic E-state index is 9.63. The van der Waals surface area contributed by atoms with E-state index in [0.717, 1.165) is 12.8 Å². The molecule has 0 saturated heterocycles. The molecule has 1 fully saturated rings. The van der Waals surface area contributed by atoms with Gasteiger partial charge in [-0.2, -0.15) is 0 Å². The van der Waals surface area contributed by atoms with Crippen molar-refractivity contribution in [2.75, 3.05) is 0 Å². The summed E-state index contributed by atoms with van der Waals surface area (Å²) in [7, 11) is 0. The average molecular weight is 142 g/mol. The molecule has 0 amide bonds. The normalized spacial score (nSPS) is 41.7. The third-order valence-electron chi connectivity index (χ3n) is 3.09. The van der Waals surface area contributed by atoms with Gasteiger partial charge in [0.1, 0.15) is 0 Å². The number of hydrogen-bond donors (Lipinski definition) is 1. The molecule has 0 bridgehead atoms. The summed E-state index contributed by atoms with van der Waals surface area (Å²) in [6.07, 6.45) is 5.84. The van der Waals surface area contributed by atoms with E-state index in [4.69, 9.17) is 0 Å². The molecule has 60 valence electrons. The van der Waals surface area contributed by atoms with Crippen LogP contribution >= 0.6 is 0 Å². The Kier molecular flexibility index (Phi) is 2.35. The molecule has 2 atom stereocenters. The van der Waals surface area contributed by atoms with E-state index < -0.39 is 0 Å². The van der Waals surface area contributed by atoms with Gasteiger partial charge in [0.15, 0.2) is 0 Å². The predicted molar refractivity (Wildman–Crippen MR) is 42.9 cm³/mol. The van der Waals surface area contributed by atoms with Gasteiger partial charge in [0, 0.05) is 0 Å². The van der Waals surface area contributed by atoms with Crippen molar-refractivity contribution in [3.63, 3.8) is 0 Å². The van der Waals surface area contributed by atoms with E-state index in [1.165, 1.54) is 19.3 Å². The first-order valence-electron chi connectivity index (χ1n) is 4.37. The van der Waals surface area contributed by atoms with Crippen molar-refractivity contribution >= 4 is 0 Å². The van der Waals surface area contributed by atoms with Crippen molar-refractivity contribution in [1.29, 1.82) is 0 Å². The molecule has 0 heterocycles. The summed E-state index contributed by atoms with van der Waals surface area (Å²) in [6, 6.07) is 0. The van der Waals surface area contributed by atoms with Gasteiger partial charge < -0.3 is 5.11 Å². The lowest BCUT2D eigenvalue weighted by molar-refractivity contribution is -0.00177. The zero-order valence-electron chi connectivity index (χ0n) is 7.06. The summed E-state index contributed by atoms with van der Waals surface area (Å²) in [5.41, 5.74) is 0.234. The molecule has 2 unspecified atom stereocenters. The molecule has 1 aliphatic rings. The van der Waals surface area contributed by atoms with Gasteiger partial charge >= 0.3 is 0 Å². The summed E-state index contributed by atoms with van der Waals surface area (Å²) in [6.45, 7) is 4.38. The lowest BCUT2D eigenvalue weighted by Gasteiger charge is -2.37. The highest BCUT2D eigenvalue weighted by molar-refractivity contribution is 4.84. The molecule has 0 radical (unpaired) electrons. The van der Waals surface area contributed by atoms with Crippen LogP contribution in [-0.2, 0) is 0 Å². The van der Waals surface area contributed by atoms with Crippen molar-refractivity contribution in [1.82, 2.24) is 0 Å². The zero-order valence-corrected chi connectivity index (χ0v) is 7.06. The standard InChI is InChI=1S/C9H18O/c1-3-9(2)7-5-4-6-8(9)10/h8,10H,3-7H2,1-2H3. The fourth-order valence-corrected chi connectivity index (χ4v) is 1.79. The Labute approximate surface area is 63.4 Å². The second-order valence-corrected chi connectivity index (χ2v) is 3.77. The molecular formula is C9H18O. The van der Waals surface area contributed by atoms with Crippen LogP contribution in [0, 0.1) is 5.41 Å². The molecular weight excluding hydrogens is 124 g/mol. The van der Waals surface area contributed by atoms with Crippen LogP contribution in [0.3, 0.4) is 0 Å². The molecule has 0 aliphatic heterocycles. The van der Waals surface area contributed by atoms with E-state index >= 15 is 0 Å². The van der Waals surface area contributed by atoms with Crippen LogP contribution in [0.5, 0.6) is 0 Å². The van der Waals surface area contributed by atoms with Crippen LogP contribution in [-0.4, -0.2) is 11.2 Å². The van der Waals surface area contributed by atoms with Gasteiger partial charge in [-0.05, 0) is 24.7 Å². The Morgan fingerprint density at radius 3 is 2.60 bits per heavy atom. The molecule has 1 saturated carbocycles. The summed E-state index contributed by atoms with van der Waals surface area (Å²) in [4.78, 5) is 0. The number of rotatable bonds is 1. The lowest BCUT2D eigenvalue weighted by atomic mass is 9.72. The van der Waals surface area contributed by atoms with Crippen LogP contribution in [0.2, 0.25) is 0 Å². The smallest absolute Gasteiger partial charge is 0.0593 e. The molecule has 0 aromatic carbocycles. The van der Waals surface area contributed by atoms with Crippen LogP contribution in [0.4, 0.5) is 0 Å².